The van der Waals surface area contributed by atoms with Crippen LogP contribution in [0.1, 0.15) is 54.1 Å². The van der Waals surface area contributed by atoms with E-state index in [1.54, 1.807) is 11.6 Å². The van der Waals surface area contributed by atoms with Crippen LogP contribution in [0.15, 0.2) is 53.3 Å². The van der Waals surface area contributed by atoms with Crippen LogP contribution in [0.25, 0.3) is 16.7 Å². The van der Waals surface area contributed by atoms with Crippen LogP contribution in [-0.4, -0.2) is 20.3 Å². The Morgan fingerprint density at radius 2 is 1.65 bits per heavy atom. The second-order valence-corrected chi connectivity index (χ2v) is 9.32. The SMILES string of the molecule is Cc1ccc(-n2nc(C)c3c(C)c(CCC(=O)Nc4ccc(C(C)C)cc4)c(=O)n(C)c32)cc1. The molecule has 0 fully saturated rings. The fourth-order valence-corrected chi connectivity index (χ4v) is 4.45. The molecule has 0 saturated carbocycles. The summed E-state index contributed by atoms with van der Waals surface area (Å²) >= 11 is 0. The Morgan fingerprint density at radius 1 is 1.00 bits per heavy atom. The minimum Gasteiger partial charge on any atom is -0.326 e. The number of anilines is 1. The summed E-state index contributed by atoms with van der Waals surface area (Å²) in [6.07, 6.45) is 0.609. The molecule has 0 aliphatic heterocycles. The monoisotopic (exact) mass is 456 g/mol. The van der Waals surface area contributed by atoms with Gasteiger partial charge in [0.05, 0.1) is 11.4 Å². The molecule has 0 saturated heterocycles. The number of benzene rings is 2. The van der Waals surface area contributed by atoms with Crippen LogP contribution in [0, 0.1) is 20.8 Å². The Labute approximate surface area is 200 Å². The van der Waals surface area contributed by atoms with E-state index in [4.69, 9.17) is 5.10 Å². The number of hydrogen-bond acceptors (Lipinski definition) is 3. The lowest BCUT2D eigenvalue weighted by Crippen LogP contribution is -2.25. The van der Waals surface area contributed by atoms with E-state index >= 15 is 0 Å². The normalized spacial score (nSPS) is 11.4. The van der Waals surface area contributed by atoms with Gasteiger partial charge in [0, 0.05) is 30.1 Å². The largest absolute Gasteiger partial charge is 0.326 e. The highest BCUT2D eigenvalue weighted by Crippen LogP contribution is 2.26. The predicted molar refractivity (Wildman–Crippen MR) is 138 cm³/mol. The topological polar surface area (TPSA) is 68.9 Å². The molecule has 0 spiro atoms. The van der Waals surface area contributed by atoms with Crippen molar-refractivity contribution in [2.24, 2.45) is 7.05 Å². The maximum absolute atomic E-state index is 13.3. The van der Waals surface area contributed by atoms with Crippen molar-refractivity contribution >= 4 is 22.6 Å². The highest BCUT2D eigenvalue weighted by Gasteiger charge is 2.20. The number of carbonyl (C=O) groups is 1. The van der Waals surface area contributed by atoms with Crippen molar-refractivity contribution in [3.63, 3.8) is 0 Å². The van der Waals surface area contributed by atoms with Crippen LogP contribution < -0.4 is 10.9 Å². The van der Waals surface area contributed by atoms with Crippen molar-refractivity contribution in [2.75, 3.05) is 5.32 Å². The van der Waals surface area contributed by atoms with Crippen molar-refractivity contribution in [2.45, 2.75) is 53.4 Å². The van der Waals surface area contributed by atoms with Crippen LogP contribution in [-0.2, 0) is 18.3 Å². The van der Waals surface area contributed by atoms with Gasteiger partial charge in [-0.3, -0.25) is 14.2 Å². The summed E-state index contributed by atoms with van der Waals surface area (Å²) in [5, 5.41) is 8.65. The summed E-state index contributed by atoms with van der Waals surface area (Å²) in [5.41, 5.74) is 7.16. The van der Waals surface area contributed by atoms with Crippen molar-refractivity contribution < 1.29 is 4.79 Å². The molecule has 0 atom stereocenters. The molecule has 0 radical (unpaired) electrons. The maximum atomic E-state index is 13.3. The highest BCUT2D eigenvalue weighted by atomic mass is 16.1. The number of aryl methyl sites for hydroxylation is 4. The summed E-state index contributed by atoms with van der Waals surface area (Å²) in [4.78, 5) is 25.9. The number of amides is 1. The lowest BCUT2D eigenvalue weighted by Gasteiger charge is -2.13. The van der Waals surface area contributed by atoms with E-state index in [1.807, 2.05) is 74.0 Å². The van der Waals surface area contributed by atoms with Gasteiger partial charge in [-0.15, -0.1) is 0 Å². The van der Waals surface area contributed by atoms with Gasteiger partial charge in [-0.25, -0.2) is 4.68 Å². The van der Waals surface area contributed by atoms with E-state index in [2.05, 4.69) is 19.2 Å². The molecule has 1 N–H and O–H groups in total. The first-order chi connectivity index (χ1) is 16.2. The van der Waals surface area contributed by atoms with Crippen LogP contribution >= 0.6 is 0 Å². The summed E-state index contributed by atoms with van der Waals surface area (Å²) in [7, 11) is 1.77. The van der Waals surface area contributed by atoms with Gasteiger partial charge in [-0.1, -0.05) is 43.7 Å². The molecule has 2 heterocycles. The van der Waals surface area contributed by atoms with Crippen molar-refractivity contribution in [1.29, 1.82) is 0 Å². The van der Waals surface area contributed by atoms with E-state index in [0.29, 0.717) is 17.9 Å². The molecule has 1 amide bonds. The third-order valence-electron chi connectivity index (χ3n) is 6.49. The number of fused-ring (bicyclic) bond motifs is 1. The van der Waals surface area contributed by atoms with E-state index in [-0.39, 0.29) is 17.9 Å². The number of carbonyl (C=O) groups excluding carboxylic acids is 1. The first-order valence-electron chi connectivity index (χ1n) is 11.7. The first-order valence-corrected chi connectivity index (χ1v) is 11.7. The molecule has 6 heteroatoms. The van der Waals surface area contributed by atoms with Gasteiger partial charge >= 0.3 is 0 Å². The van der Waals surface area contributed by atoms with E-state index < -0.39 is 0 Å². The molecule has 0 aliphatic rings. The summed E-state index contributed by atoms with van der Waals surface area (Å²) < 4.78 is 3.48. The Bertz CT molecular complexity index is 1410. The average molecular weight is 457 g/mol. The number of rotatable bonds is 6. The molecule has 34 heavy (non-hydrogen) atoms. The Kier molecular flexibility index (Phi) is 6.42. The number of pyridine rings is 1. The highest BCUT2D eigenvalue weighted by molar-refractivity contribution is 5.91. The molecule has 2 aromatic heterocycles. The molecule has 176 valence electrons. The molecular weight excluding hydrogens is 424 g/mol. The van der Waals surface area contributed by atoms with Gasteiger partial charge in [0.2, 0.25) is 5.91 Å². The summed E-state index contributed by atoms with van der Waals surface area (Å²) in [6.45, 7) is 10.2. The van der Waals surface area contributed by atoms with Crippen molar-refractivity contribution in [3.8, 4) is 5.69 Å². The molecule has 2 aromatic carbocycles. The fraction of sp³-hybridized carbons (Fsp3) is 0.321. The Balaban J connectivity index is 1.61. The van der Waals surface area contributed by atoms with Crippen molar-refractivity contribution in [3.05, 3.63) is 86.8 Å². The van der Waals surface area contributed by atoms with Crippen LogP contribution in [0.3, 0.4) is 0 Å². The standard InChI is InChI=1S/C28H32N4O2/c1-17(2)21-9-11-22(12-10-21)29-25(33)16-15-24-19(4)26-20(5)30-32(27(26)31(6)28(24)34)23-13-7-18(3)8-14-23/h7-14,17H,15-16H2,1-6H3,(H,29,33). The minimum atomic E-state index is -0.106. The Morgan fingerprint density at radius 3 is 2.26 bits per heavy atom. The second-order valence-electron chi connectivity index (χ2n) is 9.32. The quantitative estimate of drug-likeness (QED) is 0.426. The van der Waals surface area contributed by atoms with Gasteiger partial charge in [0.25, 0.3) is 5.56 Å². The van der Waals surface area contributed by atoms with Crippen LogP contribution in [0.2, 0.25) is 0 Å². The molecular formula is C28H32N4O2. The van der Waals surface area contributed by atoms with E-state index in [0.717, 1.165) is 33.7 Å². The molecule has 0 unspecified atom stereocenters. The van der Waals surface area contributed by atoms with Gasteiger partial charge in [-0.2, -0.15) is 5.10 Å². The third kappa shape index (κ3) is 4.40. The first kappa shape index (κ1) is 23.5. The molecule has 6 nitrogen and oxygen atoms in total. The predicted octanol–water partition coefficient (Wildman–Crippen LogP) is 5.34. The fourth-order valence-electron chi connectivity index (χ4n) is 4.45. The lowest BCUT2D eigenvalue weighted by molar-refractivity contribution is -0.116. The summed E-state index contributed by atoms with van der Waals surface area (Å²) in [5.74, 6) is 0.337. The zero-order chi connectivity index (χ0) is 24.6. The Hall–Kier alpha value is -3.67. The van der Waals surface area contributed by atoms with E-state index in [1.165, 1.54) is 11.1 Å². The molecule has 4 aromatic rings. The second kappa shape index (κ2) is 9.29. The zero-order valence-corrected chi connectivity index (χ0v) is 20.8. The van der Waals surface area contributed by atoms with Crippen molar-refractivity contribution in [1.82, 2.24) is 14.3 Å². The van der Waals surface area contributed by atoms with Gasteiger partial charge in [0.15, 0.2) is 0 Å². The molecule has 0 bridgehead atoms. The number of nitrogens with zero attached hydrogens (tertiary/aromatic N) is 3. The smallest absolute Gasteiger partial charge is 0.255 e. The molecule has 4 rings (SSSR count). The van der Waals surface area contributed by atoms with Crippen LogP contribution in [0.5, 0.6) is 0 Å². The van der Waals surface area contributed by atoms with Crippen LogP contribution in [0.4, 0.5) is 5.69 Å². The number of aromatic nitrogens is 3. The molecule has 0 aliphatic carbocycles. The van der Waals surface area contributed by atoms with Gasteiger partial charge in [0.1, 0.15) is 5.65 Å². The lowest BCUT2D eigenvalue weighted by atomic mass is 10.0. The van der Waals surface area contributed by atoms with E-state index in [9.17, 15) is 9.59 Å². The van der Waals surface area contributed by atoms with Gasteiger partial charge < -0.3 is 5.32 Å². The average Bonchev–Trinajstić information content (AvgIpc) is 3.15. The summed E-state index contributed by atoms with van der Waals surface area (Å²) in [6, 6.07) is 16.0. The number of nitrogens with one attached hydrogen (secondary N) is 1. The third-order valence-corrected chi connectivity index (χ3v) is 6.49. The minimum absolute atomic E-state index is 0.0904. The maximum Gasteiger partial charge on any atom is 0.255 e. The number of hydrogen-bond donors (Lipinski definition) is 1. The van der Waals surface area contributed by atoms with Gasteiger partial charge in [-0.05, 0) is 68.5 Å². The zero-order valence-electron chi connectivity index (χ0n) is 20.8.